The van der Waals surface area contributed by atoms with Gasteiger partial charge in [0.25, 0.3) is 5.91 Å². The molecule has 1 amide bonds. The number of anilines is 1. The van der Waals surface area contributed by atoms with Gasteiger partial charge in [-0.1, -0.05) is 59.8 Å². The number of hydrogen-bond acceptors (Lipinski definition) is 4. The number of aromatic nitrogens is 1. The molecule has 3 nitrogen and oxygen atoms in total. The van der Waals surface area contributed by atoms with Gasteiger partial charge in [-0.2, -0.15) is 0 Å². The summed E-state index contributed by atoms with van der Waals surface area (Å²) in [5.41, 5.74) is 5.98. The molecule has 0 bridgehead atoms. The first kappa shape index (κ1) is 18.7. The summed E-state index contributed by atoms with van der Waals surface area (Å²) in [6.07, 6.45) is 0. The number of carbonyl (C=O) groups is 1. The van der Waals surface area contributed by atoms with E-state index in [2.05, 4.69) is 36.5 Å². The minimum Gasteiger partial charge on any atom is -0.322 e. The van der Waals surface area contributed by atoms with Gasteiger partial charge in [-0.3, -0.25) is 4.79 Å². The molecule has 4 rings (SSSR count). The van der Waals surface area contributed by atoms with E-state index >= 15 is 0 Å². The van der Waals surface area contributed by atoms with Gasteiger partial charge in [0.2, 0.25) is 0 Å². The number of rotatable bonds is 5. The third-order valence-electron chi connectivity index (χ3n) is 4.50. The van der Waals surface area contributed by atoms with Crippen molar-refractivity contribution >= 4 is 44.9 Å². The van der Waals surface area contributed by atoms with E-state index in [0.717, 1.165) is 31.6 Å². The van der Waals surface area contributed by atoms with Crippen LogP contribution < -0.4 is 5.32 Å². The smallest absolute Gasteiger partial charge is 0.255 e. The molecule has 0 atom stereocenters. The van der Waals surface area contributed by atoms with Crippen LogP contribution in [0.1, 0.15) is 27.0 Å². The number of amides is 1. The highest BCUT2D eigenvalue weighted by Gasteiger charge is 2.10. The average Bonchev–Trinajstić information content (AvgIpc) is 3.10. The van der Waals surface area contributed by atoms with E-state index in [1.54, 1.807) is 23.1 Å². The highest BCUT2D eigenvalue weighted by Crippen LogP contribution is 2.33. The highest BCUT2D eigenvalue weighted by molar-refractivity contribution is 8.00. The van der Waals surface area contributed by atoms with E-state index in [-0.39, 0.29) is 5.91 Å². The van der Waals surface area contributed by atoms with Crippen molar-refractivity contribution in [2.45, 2.75) is 23.9 Å². The summed E-state index contributed by atoms with van der Waals surface area (Å²) in [7, 11) is 0. The zero-order valence-corrected chi connectivity index (χ0v) is 17.4. The standard InChI is InChI=1S/C23H20N2OS2/c1-15-7-9-17(10-8-15)14-27-23-25-20-12-11-18(13-21(20)28-23)24-22(26)19-6-4-3-5-16(19)2/h3-13H,14H2,1-2H3,(H,24,26). The van der Waals surface area contributed by atoms with Gasteiger partial charge in [0.05, 0.1) is 10.2 Å². The fraction of sp³-hybridized carbons (Fsp3) is 0.130. The molecule has 0 aliphatic carbocycles. The summed E-state index contributed by atoms with van der Waals surface area (Å²) >= 11 is 3.40. The van der Waals surface area contributed by atoms with Crippen molar-refractivity contribution < 1.29 is 4.79 Å². The first-order valence-corrected chi connectivity index (χ1v) is 10.8. The summed E-state index contributed by atoms with van der Waals surface area (Å²) in [5, 5.41) is 3.00. The summed E-state index contributed by atoms with van der Waals surface area (Å²) < 4.78 is 2.12. The Morgan fingerprint density at radius 3 is 2.61 bits per heavy atom. The van der Waals surface area contributed by atoms with Gasteiger partial charge in [0, 0.05) is 17.0 Å². The third-order valence-corrected chi connectivity index (χ3v) is 6.73. The Balaban J connectivity index is 1.47. The van der Waals surface area contributed by atoms with Crippen LogP contribution in [0.15, 0.2) is 71.1 Å². The number of hydrogen-bond donors (Lipinski definition) is 1. The molecule has 1 heterocycles. The van der Waals surface area contributed by atoms with Crippen molar-refractivity contribution in [1.29, 1.82) is 0 Å². The quantitative estimate of drug-likeness (QED) is 0.388. The molecule has 0 radical (unpaired) electrons. The second-order valence-corrected chi connectivity index (χ2v) is 8.96. The number of aryl methyl sites for hydroxylation is 2. The Hall–Kier alpha value is -2.63. The van der Waals surface area contributed by atoms with Gasteiger partial charge in [-0.05, 0) is 49.2 Å². The summed E-state index contributed by atoms with van der Waals surface area (Å²) in [6.45, 7) is 4.04. The van der Waals surface area contributed by atoms with Crippen molar-refractivity contribution in [2.75, 3.05) is 5.32 Å². The Labute approximate surface area is 172 Å². The lowest BCUT2D eigenvalue weighted by atomic mass is 10.1. The molecule has 4 aromatic rings. The normalized spacial score (nSPS) is 10.9. The number of thioether (sulfide) groups is 1. The number of carbonyl (C=O) groups excluding carboxylic acids is 1. The van der Waals surface area contributed by atoms with Crippen LogP contribution in [0.2, 0.25) is 0 Å². The highest BCUT2D eigenvalue weighted by atomic mass is 32.2. The maximum atomic E-state index is 12.5. The van der Waals surface area contributed by atoms with E-state index in [0.29, 0.717) is 5.56 Å². The van der Waals surface area contributed by atoms with Crippen LogP contribution in [-0.4, -0.2) is 10.9 Å². The second-order valence-electron chi connectivity index (χ2n) is 6.71. The lowest BCUT2D eigenvalue weighted by molar-refractivity contribution is 0.102. The number of nitrogens with zero attached hydrogens (tertiary/aromatic N) is 1. The van der Waals surface area contributed by atoms with Crippen molar-refractivity contribution in [3.63, 3.8) is 0 Å². The van der Waals surface area contributed by atoms with Gasteiger partial charge >= 0.3 is 0 Å². The van der Waals surface area contributed by atoms with Gasteiger partial charge in [-0.15, -0.1) is 11.3 Å². The minimum atomic E-state index is -0.0871. The Kier molecular flexibility index (Phi) is 5.46. The first-order chi connectivity index (χ1) is 13.6. The number of fused-ring (bicyclic) bond motifs is 1. The SMILES string of the molecule is Cc1ccc(CSc2nc3ccc(NC(=O)c4ccccc4C)cc3s2)cc1. The van der Waals surface area contributed by atoms with Crippen LogP contribution >= 0.6 is 23.1 Å². The van der Waals surface area contributed by atoms with Gasteiger partial charge < -0.3 is 5.32 Å². The number of thiazole rings is 1. The molecule has 1 aromatic heterocycles. The number of nitrogens with one attached hydrogen (secondary N) is 1. The molecule has 140 valence electrons. The van der Waals surface area contributed by atoms with Crippen molar-refractivity contribution in [3.05, 3.63) is 89.0 Å². The van der Waals surface area contributed by atoms with E-state index in [9.17, 15) is 4.79 Å². The maximum absolute atomic E-state index is 12.5. The molecule has 0 unspecified atom stereocenters. The van der Waals surface area contributed by atoms with Crippen molar-refractivity contribution in [1.82, 2.24) is 4.98 Å². The van der Waals surface area contributed by atoms with Crippen LogP contribution in [-0.2, 0) is 5.75 Å². The zero-order valence-electron chi connectivity index (χ0n) is 15.7. The third kappa shape index (κ3) is 4.26. The average molecular weight is 405 g/mol. The summed E-state index contributed by atoms with van der Waals surface area (Å²) in [4.78, 5) is 17.2. The van der Waals surface area contributed by atoms with E-state index < -0.39 is 0 Å². The van der Waals surface area contributed by atoms with Gasteiger partial charge in [0.1, 0.15) is 0 Å². The summed E-state index contributed by atoms with van der Waals surface area (Å²) in [5.74, 6) is 0.813. The topological polar surface area (TPSA) is 42.0 Å². The molecular formula is C23H20N2OS2. The Bertz CT molecular complexity index is 1130. The fourth-order valence-corrected chi connectivity index (χ4v) is 4.96. The predicted octanol–water partition coefficient (Wildman–Crippen LogP) is 6.46. The second kappa shape index (κ2) is 8.17. The minimum absolute atomic E-state index is 0.0871. The molecule has 1 N–H and O–H groups in total. The lowest BCUT2D eigenvalue weighted by Crippen LogP contribution is -2.13. The van der Waals surface area contributed by atoms with Crippen molar-refractivity contribution in [3.8, 4) is 0 Å². The fourth-order valence-electron chi connectivity index (χ4n) is 2.90. The molecule has 0 aliphatic rings. The van der Waals surface area contributed by atoms with E-state index in [1.807, 2.05) is 49.4 Å². The van der Waals surface area contributed by atoms with Crippen LogP contribution in [0, 0.1) is 13.8 Å². The van der Waals surface area contributed by atoms with Crippen LogP contribution in [0.4, 0.5) is 5.69 Å². The zero-order chi connectivity index (χ0) is 19.5. The lowest BCUT2D eigenvalue weighted by Gasteiger charge is -2.07. The van der Waals surface area contributed by atoms with Crippen LogP contribution in [0.5, 0.6) is 0 Å². The van der Waals surface area contributed by atoms with E-state index in [1.165, 1.54) is 11.1 Å². The van der Waals surface area contributed by atoms with Crippen molar-refractivity contribution in [2.24, 2.45) is 0 Å². The van der Waals surface area contributed by atoms with Crippen LogP contribution in [0.25, 0.3) is 10.2 Å². The molecule has 0 saturated carbocycles. The first-order valence-electron chi connectivity index (χ1n) is 9.04. The Morgan fingerprint density at radius 2 is 1.82 bits per heavy atom. The van der Waals surface area contributed by atoms with Crippen LogP contribution in [0.3, 0.4) is 0 Å². The molecule has 5 heteroatoms. The molecule has 3 aromatic carbocycles. The molecule has 0 aliphatic heterocycles. The molecule has 28 heavy (non-hydrogen) atoms. The number of benzene rings is 3. The van der Waals surface area contributed by atoms with Gasteiger partial charge in [0.15, 0.2) is 4.34 Å². The monoisotopic (exact) mass is 404 g/mol. The Morgan fingerprint density at radius 1 is 1.04 bits per heavy atom. The molecule has 0 fully saturated rings. The van der Waals surface area contributed by atoms with Gasteiger partial charge in [-0.25, -0.2) is 4.98 Å². The molecule has 0 saturated heterocycles. The predicted molar refractivity (Wildman–Crippen MR) is 119 cm³/mol. The molecular weight excluding hydrogens is 384 g/mol. The summed E-state index contributed by atoms with van der Waals surface area (Å²) in [6, 6.07) is 22.1. The largest absolute Gasteiger partial charge is 0.322 e. The van der Waals surface area contributed by atoms with E-state index in [4.69, 9.17) is 4.98 Å². The maximum Gasteiger partial charge on any atom is 0.255 e. The molecule has 0 spiro atoms.